The van der Waals surface area contributed by atoms with Crippen LogP contribution >= 0.6 is 11.3 Å². The molecule has 3 aromatic carbocycles. The summed E-state index contributed by atoms with van der Waals surface area (Å²) in [5.74, 6) is 0.805. The van der Waals surface area contributed by atoms with Gasteiger partial charge in [-0.3, -0.25) is 4.79 Å². The Balaban J connectivity index is 1.29. The van der Waals surface area contributed by atoms with E-state index in [4.69, 9.17) is 9.72 Å². The summed E-state index contributed by atoms with van der Waals surface area (Å²) in [6, 6.07) is 26.0. The quantitative estimate of drug-likeness (QED) is 0.485. The predicted octanol–water partition coefficient (Wildman–Crippen LogP) is 4.65. The van der Waals surface area contributed by atoms with Crippen molar-refractivity contribution < 1.29 is 9.53 Å². The molecule has 2 heterocycles. The van der Waals surface area contributed by atoms with Gasteiger partial charge in [-0.1, -0.05) is 78.1 Å². The zero-order valence-corrected chi connectivity index (χ0v) is 18.0. The van der Waals surface area contributed by atoms with Crippen molar-refractivity contribution in [1.29, 1.82) is 0 Å². The first-order valence-corrected chi connectivity index (χ1v) is 11.1. The van der Waals surface area contributed by atoms with Crippen molar-refractivity contribution in [2.75, 3.05) is 25.1 Å². The van der Waals surface area contributed by atoms with Crippen LogP contribution in [0.2, 0.25) is 0 Å². The normalized spacial score (nSPS) is 13.9. The van der Waals surface area contributed by atoms with Crippen molar-refractivity contribution >= 4 is 32.6 Å². The molecule has 1 amide bonds. The molecule has 1 aliphatic rings. The number of aromatic nitrogens is 1. The third-order valence-electron chi connectivity index (χ3n) is 5.67. The van der Waals surface area contributed by atoms with Gasteiger partial charge in [0, 0.05) is 13.1 Å². The second kappa shape index (κ2) is 8.40. The fourth-order valence-electron chi connectivity index (χ4n) is 3.92. The zero-order valence-electron chi connectivity index (χ0n) is 17.2. The summed E-state index contributed by atoms with van der Waals surface area (Å²) in [6.07, 6.45) is 0. The van der Waals surface area contributed by atoms with E-state index in [9.17, 15) is 4.79 Å². The molecule has 5 nitrogen and oxygen atoms in total. The Morgan fingerprint density at radius 1 is 1.00 bits per heavy atom. The lowest BCUT2D eigenvalue weighted by molar-refractivity contribution is -0.126. The van der Waals surface area contributed by atoms with E-state index in [2.05, 4.69) is 34.5 Å². The van der Waals surface area contributed by atoms with Gasteiger partial charge in [-0.2, -0.15) is 0 Å². The van der Waals surface area contributed by atoms with E-state index in [0.29, 0.717) is 13.1 Å². The number of ether oxygens (including phenoxy) is 1. The van der Waals surface area contributed by atoms with E-state index in [1.807, 2.05) is 54.6 Å². The molecule has 31 heavy (non-hydrogen) atoms. The molecule has 1 fully saturated rings. The van der Waals surface area contributed by atoms with E-state index in [1.54, 1.807) is 18.4 Å². The van der Waals surface area contributed by atoms with Gasteiger partial charge >= 0.3 is 0 Å². The van der Waals surface area contributed by atoms with Gasteiger partial charge in [0.2, 0.25) is 5.91 Å². The SMILES string of the molecule is COc1cccc2sc(N3CC(C(=O)NC(c4ccccc4)c4ccccc4)C3)nc12. The molecule has 1 aliphatic heterocycles. The summed E-state index contributed by atoms with van der Waals surface area (Å²) in [7, 11) is 1.66. The molecule has 0 saturated carbocycles. The number of hydrogen-bond donors (Lipinski definition) is 1. The summed E-state index contributed by atoms with van der Waals surface area (Å²) in [4.78, 5) is 20.0. The lowest BCUT2D eigenvalue weighted by Crippen LogP contribution is -2.54. The second-order valence-corrected chi connectivity index (χ2v) is 8.68. The number of nitrogens with one attached hydrogen (secondary N) is 1. The van der Waals surface area contributed by atoms with Gasteiger partial charge in [-0.25, -0.2) is 4.98 Å². The summed E-state index contributed by atoms with van der Waals surface area (Å²) >= 11 is 1.64. The van der Waals surface area contributed by atoms with Crippen LogP contribution in [0.1, 0.15) is 17.2 Å². The maximum absolute atomic E-state index is 13.1. The highest BCUT2D eigenvalue weighted by Crippen LogP contribution is 2.36. The number of carbonyl (C=O) groups is 1. The minimum Gasteiger partial charge on any atom is -0.494 e. The number of para-hydroxylation sites is 1. The summed E-state index contributed by atoms with van der Waals surface area (Å²) in [5, 5.41) is 4.20. The van der Waals surface area contributed by atoms with Gasteiger partial charge in [-0.15, -0.1) is 0 Å². The highest BCUT2D eigenvalue weighted by molar-refractivity contribution is 7.22. The molecule has 156 valence electrons. The smallest absolute Gasteiger partial charge is 0.227 e. The standard InChI is InChI=1S/C25H23N3O2S/c1-30-20-13-8-14-21-23(20)27-25(31-21)28-15-19(16-28)24(29)26-22(17-9-4-2-5-10-17)18-11-6-3-7-12-18/h2-14,19,22H,15-16H2,1H3,(H,26,29). The monoisotopic (exact) mass is 429 g/mol. The molecule has 1 aromatic heterocycles. The maximum atomic E-state index is 13.1. The largest absolute Gasteiger partial charge is 0.494 e. The summed E-state index contributed by atoms with van der Waals surface area (Å²) < 4.78 is 6.51. The fraction of sp³-hybridized carbons (Fsp3) is 0.200. The van der Waals surface area contributed by atoms with E-state index in [1.165, 1.54) is 0 Å². The van der Waals surface area contributed by atoms with Crippen molar-refractivity contribution in [2.45, 2.75) is 6.04 Å². The molecule has 1 saturated heterocycles. The van der Waals surface area contributed by atoms with Crippen LogP contribution in [0.3, 0.4) is 0 Å². The number of rotatable bonds is 6. The van der Waals surface area contributed by atoms with Crippen molar-refractivity contribution in [2.24, 2.45) is 5.92 Å². The third-order valence-corrected chi connectivity index (χ3v) is 6.75. The van der Waals surface area contributed by atoms with Crippen LogP contribution in [-0.4, -0.2) is 31.1 Å². The van der Waals surface area contributed by atoms with Gasteiger partial charge in [-0.05, 0) is 23.3 Å². The van der Waals surface area contributed by atoms with Crippen LogP contribution in [0.5, 0.6) is 5.75 Å². The molecule has 0 radical (unpaired) electrons. The molecule has 6 heteroatoms. The number of anilines is 1. The number of amides is 1. The number of benzene rings is 3. The van der Waals surface area contributed by atoms with E-state index < -0.39 is 0 Å². The Morgan fingerprint density at radius 2 is 1.65 bits per heavy atom. The topological polar surface area (TPSA) is 54.5 Å². The molecular formula is C25H23N3O2S. The van der Waals surface area contributed by atoms with E-state index in [0.717, 1.165) is 32.2 Å². The molecule has 0 bridgehead atoms. The number of nitrogens with zero attached hydrogens (tertiary/aromatic N) is 2. The maximum Gasteiger partial charge on any atom is 0.227 e. The molecule has 0 aliphatic carbocycles. The average molecular weight is 430 g/mol. The van der Waals surface area contributed by atoms with Crippen molar-refractivity contribution in [1.82, 2.24) is 10.3 Å². The van der Waals surface area contributed by atoms with Crippen LogP contribution in [0.4, 0.5) is 5.13 Å². The van der Waals surface area contributed by atoms with Crippen LogP contribution in [0.15, 0.2) is 78.9 Å². The Morgan fingerprint density at radius 3 is 2.26 bits per heavy atom. The average Bonchev–Trinajstić information content (AvgIpc) is 3.21. The highest BCUT2D eigenvalue weighted by atomic mass is 32.1. The van der Waals surface area contributed by atoms with Crippen molar-refractivity contribution in [3.63, 3.8) is 0 Å². The Bertz CT molecular complexity index is 1150. The fourth-order valence-corrected chi connectivity index (χ4v) is 4.92. The molecular weight excluding hydrogens is 406 g/mol. The van der Waals surface area contributed by atoms with Crippen LogP contribution < -0.4 is 15.0 Å². The number of fused-ring (bicyclic) bond motifs is 1. The van der Waals surface area contributed by atoms with E-state index in [-0.39, 0.29) is 17.9 Å². The summed E-state index contributed by atoms with van der Waals surface area (Å²) in [6.45, 7) is 1.34. The molecule has 4 aromatic rings. The number of thiazole rings is 1. The van der Waals surface area contributed by atoms with Crippen LogP contribution in [-0.2, 0) is 4.79 Å². The first-order chi connectivity index (χ1) is 15.2. The number of methoxy groups -OCH3 is 1. The van der Waals surface area contributed by atoms with Gasteiger partial charge in [0.1, 0.15) is 11.3 Å². The first-order valence-electron chi connectivity index (χ1n) is 10.3. The third kappa shape index (κ3) is 3.86. The van der Waals surface area contributed by atoms with Gasteiger partial charge < -0.3 is 15.0 Å². The lowest BCUT2D eigenvalue weighted by atomic mass is 9.95. The van der Waals surface area contributed by atoms with Gasteiger partial charge in [0.15, 0.2) is 5.13 Å². The lowest BCUT2D eigenvalue weighted by Gasteiger charge is -2.38. The molecule has 0 atom stereocenters. The van der Waals surface area contributed by atoms with Crippen LogP contribution in [0.25, 0.3) is 10.2 Å². The van der Waals surface area contributed by atoms with Crippen LogP contribution in [0, 0.1) is 5.92 Å². The summed E-state index contributed by atoms with van der Waals surface area (Å²) in [5.41, 5.74) is 3.04. The Hall–Kier alpha value is -3.38. The first kappa shape index (κ1) is 19.6. The molecule has 0 spiro atoms. The minimum absolute atomic E-state index is 0.0520. The van der Waals surface area contributed by atoms with Gasteiger partial charge in [0.25, 0.3) is 0 Å². The number of carbonyl (C=O) groups excluding carboxylic acids is 1. The molecule has 1 N–H and O–H groups in total. The van der Waals surface area contributed by atoms with Crippen molar-refractivity contribution in [3.05, 3.63) is 90.0 Å². The second-order valence-electron chi connectivity index (χ2n) is 7.67. The van der Waals surface area contributed by atoms with Crippen molar-refractivity contribution in [3.8, 4) is 5.75 Å². The molecule has 5 rings (SSSR count). The Labute approximate surface area is 185 Å². The zero-order chi connectivity index (χ0) is 21.2. The minimum atomic E-state index is -0.157. The Kier molecular flexibility index (Phi) is 5.30. The predicted molar refractivity (Wildman–Crippen MR) is 125 cm³/mol. The van der Waals surface area contributed by atoms with E-state index >= 15 is 0 Å². The highest BCUT2D eigenvalue weighted by Gasteiger charge is 2.35. The number of hydrogen-bond acceptors (Lipinski definition) is 5. The van der Waals surface area contributed by atoms with Gasteiger partial charge in [0.05, 0.1) is 23.8 Å². The molecule has 0 unspecified atom stereocenters.